The van der Waals surface area contributed by atoms with Gasteiger partial charge in [0, 0.05) is 25.2 Å². The number of hydrogen-bond acceptors (Lipinski definition) is 9. The van der Waals surface area contributed by atoms with Gasteiger partial charge < -0.3 is 38.0 Å². The number of methoxy groups -OCH3 is 3. The lowest BCUT2D eigenvalue weighted by atomic mass is 9.80. The quantitative estimate of drug-likeness (QED) is 0.0350. The molecule has 0 spiro atoms. The molecule has 0 saturated carbocycles. The van der Waals surface area contributed by atoms with Crippen LogP contribution >= 0.6 is 8.53 Å². The molecule has 0 fully saturated rings. The van der Waals surface area contributed by atoms with Crippen LogP contribution in [0.1, 0.15) is 82.6 Å². The third-order valence-corrected chi connectivity index (χ3v) is 12.8. The standard InChI is InChI=1S/C50H65N2O8P/c1-10-30-59-61(52(36(2)3)37(4)5)60-48(34-57-31-14-29-51-49(53)38(6)39-17-18-41-33-47(56-9)24-19-40(41)32-39)35-58-50(42-15-12-11-13-16-42,43-20-25-45(54-7)26-21-43)44-22-27-46(55-8)28-23-44/h11-13,15-28,32-33,36-38,48H,10,14,29-31,34-35H2,1-9H3,(H,51,53). The third kappa shape index (κ3) is 12.5. The summed E-state index contributed by atoms with van der Waals surface area (Å²) in [5.74, 6) is 1.96. The van der Waals surface area contributed by atoms with E-state index in [4.69, 9.17) is 32.7 Å². The predicted octanol–water partition coefficient (Wildman–Crippen LogP) is 10.7. The van der Waals surface area contributed by atoms with Crippen molar-refractivity contribution in [3.8, 4) is 17.2 Å². The summed E-state index contributed by atoms with van der Waals surface area (Å²) in [6, 6.07) is 38.7. The molecule has 0 aliphatic heterocycles. The molecule has 0 aliphatic rings. The summed E-state index contributed by atoms with van der Waals surface area (Å²) in [4.78, 5) is 13.3. The Balaban J connectivity index is 1.36. The Morgan fingerprint density at radius 1 is 0.672 bits per heavy atom. The number of nitrogens with one attached hydrogen (secondary N) is 1. The number of amides is 1. The van der Waals surface area contributed by atoms with Crippen molar-refractivity contribution in [1.82, 2.24) is 9.99 Å². The van der Waals surface area contributed by atoms with Crippen molar-refractivity contribution in [2.45, 2.75) is 84.1 Å². The molecular weight excluding hydrogens is 788 g/mol. The van der Waals surface area contributed by atoms with Gasteiger partial charge in [0.15, 0.2) is 0 Å². The first kappa shape index (κ1) is 47.5. The first-order chi connectivity index (χ1) is 29.5. The molecule has 0 heterocycles. The average molecular weight is 853 g/mol. The molecular formula is C50H65N2O8P. The molecule has 61 heavy (non-hydrogen) atoms. The van der Waals surface area contributed by atoms with Crippen molar-refractivity contribution < 1.29 is 37.5 Å². The Labute approximate surface area is 364 Å². The lowest BCUT2D eigenvalue weighted by Gasteiger charge is -2.39. The van der Waals surface area contributed by atoms with Crippen LogP contribution in [-0.4, -0.2) is 83.1 Å². The first-order valence-corrected chi connectivity index (χ1v) is 22.5. The SMILES string of the molecule is CCCOP(OC(COCCCNC(=O)C(C)c1ccc2cc(OC)ccc2c1)COC(c1ccccc1)(c1ccc(OC)cc1)c1ccc(OC)cc1)N(C(C)C)C(C)C. The molecule has 3 atom stereocenters. The number of carbonyl (C=O) groups is 1. The Bertz CT molecular complexity index is 2010. The minimum Gasteiger partial charge on any atom is -0.497 e. The van der Waals surface area contributed by atoms with Crippen molar-refractivity contribution in [1.29, 1.82) is 0 Å². The van der Waals surface area contributed by atoms with Crippen LogP contribution in [0, 0.1) is 0 Å². The molecule has 5 rings (SSSR count). The fourth-order valence-corrected chi connectivity index (χ4v) is 9.14. The highest BCUT2D eigenvalue weighted by Crippen LogP contribution is 2.48. The molecule has 0 saturated heterocycles. The molecule has 0 aromatic heterocycles. The second-order valence-corrected chi connectivity index (χ2v) is 17.0. The van der Waals surface area contributed by atoms with Gasteiger partial charge in [0.25, 0.3) is 8.53 Å². The van der Waals surface area contributed by atoms with Gasteiger partial charge in [-0.25, -0.2) is 4.67 Å². The van der Waals surface area contributed by atoms with E-state index in [1.165, 1.54) is 0 Å². The van der Waals surface area contributed by atoms with Gasteiger partial charge in [-0.15, -0.1) is 0 Å². The molecule has 0 radical (unpaired) electrons. The Hall–Kier alpha value is -4.54. The maximum Gasteiger partial charge on any atom is 0.259 e. The zero-order chi connectivity index (χ0) is 43.8. The van der Waals surface area contributed by atoms with Gasteiger partial charge in [0.1, 0.15) is 29.0 Å². The van der Waals surface area contributed by atoms with Gasteiger partial charge in [0.2, 0.25) is 5.91 Å². The summed E-state index contributed by atoms with van der Waals surface area (Å²) in [6.07, 6.45) is 0.974. The van der Waals surface area contributed by atoms with Crippen LogP contribution in [0.2, 0.25) is 0 Å². The van der Waals surface area contributed by atoms with Crippen LogP contribution in [0.5, 0.6) is 17.2 Å². The Kier molecular flexibility index (Phi) is 18.4. The van der Waals surface area contributed by atoms with Crippen molar-refractivity contribution in [3.05, 3.63) is 138 Å². The van der Waals surface area contributed by atoms with Gasteiger partial charge >= 0.3 is 0 Å². The van der Waals surface area contributed by atoms with E-state index in [1.807, 2.05) is 104 Å². The van der Waals surface area contributed by atoms with Gasteiger partial charge in [-0.3, -0.25) is 4.79 Å². The summed E-state index contributed by atoms with van der Waals surface area (Å²) < 4.78 is 45.9. The number of nitrogens with zero attached hydrogens (tertiary/aromatic N) is 1. The maximum absolute atomic E-state index is 13.3. The Morgan fingerprint density at radius 3 is 1.80 bits per heavy atom. The minimum absolute atomic E-state index is 0.0297. The largest absolute Gasteiger partial charge is 0.497 e. The topological polar surface area (TPSA) is 97.0 Å². The van der Waals surface area contributed by atoms with E-state index in [9.17, 15) is 4.79 Å². The highest BCUT2D eigenvalue weighted by Gasteiger charge is 2.40. The fraction of sp³-hybridized carbons (Fsp3) is 0.420. The van der Waals surface area contributed by atoms with Crippen molar-refractivity contribution in [3.63, 3.8) is 0 Å². The number of ether oxygens (including phenoxy) is 5. The van der Waals surface area contributed by atoms with Crippen LogP contribution in [0.3, 0.4) is 0 Å². The van der Waals surface area contributed by atoms with E-state index in [0.29, 0.717) is 26.2 Å². The minimum atomic E-state index is -1.47. The van der Waals surface area contributed by atoms with E-state index >= 15 is 0 Å². The highest BCUT2D eigenvalue weighted by molar-refractivity contribution is 7.44. The van der Waals surface area contributed by atoms with Crippen LogP contribution in [-0.2, 0) is 28.9 Å². The molecule has 10 nitrogen and oxygen atoms in total. The summed E-state index contributed by atoms with van der Waals surface area (Å²) in [5.41, 5.74) is 2.72. The van der Waals surface area contributed by atoms with Crippen molar-refractivity contribution >= 4 is 25.2 Å². The number of fused-ring (bicyclic) bond motifs is 1. The molecule has 11 heteroatoms. The van der Waals surface area contributed by atoms with E-state index in [1.54, 1.807) is 21.3 Å². The predicted molar refractivity (Wildman–Crippen MR) is 246 cm³/mol. The smallest absolute Gasteiger partial charge is 0.259 e. The zero-order valence-corrected chi connectivity index (χ0v) is 38.3. The normalized spacial score (nSPS) is 13.4. The molecule has 0 bridgehead atoms. The molecule has 1 amide bonds. The summed E-state index contributed by atoms with van der Waals surface area (Å²) >= 11 is 0. The number of carbonyl (C=O) groups excluding carboxylic acids is 1. The molecule has 3 unspecified atom stereocenters. The molecule has 5 aromatic carbocycles. The third-order valence-electron chi connectivity index (χ3n) is 10.6. The summed E-state index contributed by atoms with van der Waals surface area (Å²) in [6.45, 7) is 14.6. The first-order valence-electron chi connectivity index (χ1n) is 21.3. The van der Waals surface area contributed by atoms with Crippen LogP contribution in [0.25, 0.3) is 10.8 Å². The Morgan fingerprint density at radius 2 is 1.23 bits per heavy atom. The van der Waals surface area contributed by atoms with E-state index in [0.717, 1.165) is 56.7 Å². The van der Waals surface area contributed by atoms with E-state index in [-0.39, 0.29) is 37.1 Å². The number of benzene rings is 5. The van der Waals surface area contributed by atoms with Crippen molar-refractivity contribution in [2.75, 3.05) is 54.3 Å². The molecule has 0 aliphatic carbocycles. The average Bonchev–Trinajstić information content (AvgIpc) is 3.28. The zero-order valence-electron chi connectivity index (χ0n) is 37.4. The van der Waals surface area contributed by atoms with Gasteiger partial charge in [-0.1, -0.05) is 85.8 Å². The lowest BCUT2D eigenvalue weighted by molar-refractivity contribution is -0.122. The maximum atomic E-state index is 13.3. The number of rotatable bonds is 25. The van der Waals surface area contributed by atoms with Gasteiger partial charge in [-0.05, 0) is 117 Å². The summed E-state index contributed by atoms with van der Waals surface area (Å²) in [7, 11) is 3.51. The van der Waals surface area contributed by atoms with Crippen LogP contribution < -0.4 is 19.5 Å². The number of hydrogen-bond donors (Lipinski definition) is 1. The lowest BCUT2D eigenvalue weighted by Crippen LogP contribution is -2.39. The van der Waals surface area contributed by atoms with Gasteiger partial charge in [-0.2, -0.15) is 0 Å². The van der Waals surface area contributed by atoms with Crippen LogP contribution in [0.15, 0.2) is 115 Å². The second kappa shape index (κ2) is 23.6. The fourth-order valence-electron chi connectivity index (χ4n) is 7.37. The monoisotopic (exact) mass is 852 g/mol. The van der Waals surface area contributed by atoms with E-state index < -0.39 is 20.2 Å². The molecule has 328 valence electrons. The van der Waals surface area contributed by atoms with Gasteiger partial charge in [0.05, 0.1) is 47.1 Å². The highest BCUT2D eigenvalue weighted by atomic mass is 31.2. The molecule has 5 aromatic rings. The van der Waals surface area contributed by atoms with E-state index in [2.05, 4.69) is 62.8 Å². The molecule has 1 N–H and O–H groups in total. The van der Waals surface area contributed by atoms with Crippen LogP contribution in [0.4, 0.5) is 0 Å². The van der Waals surface area contributed by atoms with Crippen molar-refractivity contribution in [2.24, 2.45) is 0 Å². The second-order valence-electron chi connectivity index (χ2n) is 15.6. The summed E-state index contributed by atoms with van der Waals surface area (Å²) in [5, 5.41) is 5.24.